The van der Waals surface area contributed by atoms with Crippen molar-refractivity contribution in [2.24, 2.45) is 0 Å². The van der Waals surface area contributed by atoms with E-state index in [4.69, 9.17) is 0 Å². The predicted molar refractivity (Wildman–Crippen MR) is 109 cm³/mol. The number of nitrogens with one attached hydrogen (secondary N) is 1. The Morgan fingerprint density at radius 2 is 2.21 bits per heavy atom. The molecule has 1 aromatic carbocycles. The first-order valence-corrected chi connectivity index (χ1v) is 10.4. The van der Waals surface area contributed by atoms with Gasteiger partial charge in [0, 0.05) is 29.0 Å². The highest BCUT2D eigenvalue weighted by molar-refractivity contribution is 7.98. The third kappa shape index (κ3) is 4.07. The second-order valence-corrected chi connectivity index (χ2v) is 7.37. The van der Waals surface area contributed by atoms with Gasteiger partial charge in [-0.25, -0.2) is 4.98 Å². The van der Waals surface area contributed by atoms with Crippen LogP contribution < -0.4 is 5.32 Å². The van der Waals surface area contributed by atoms with Crippen molar-refractivity contribution in [3.05, 3.63) is 59.9 Å². The first-order valence-electron chi connectivity index (χ1n) is 8.30. The standard InChI is InChI=1S/C18H15N7OS2/c1-27-18-22-23-24-25(18)15-6-2-5-13(8-15)20-16(26)9-14-11-28-17(21-14)12-4-3-7-19-10-12/h2-8,10-11H,9H2,1H3,(H,20,26). The summed E-state index contributed by atoms with van der Waals surface area (Å²) in [5.41, 5.74) is 3.12. The molecule has 4 aromatic rings. The molecule has 0 spiro atoms. The summed E-state index contributed by atoms with van der Waals surface area (Å²) in [5, 5.41) is 17.9. The number of hydrogen-bond acceptors (Lipinski definition) is 8. The first kappa shape index (κ1) is 18.3. The number of nitrogens with zero attached hydrogens (tertiary/aromatic N) is 6. The van der Waals surface area contributed by atoms with E-state index >= 15 is 0 Å². The van der Waals surface area contributed by atoms with Gasteiger partial charge in [-0.2, -0.15) is 4.68 Å². The zero-order valence-corrected chi connectivity index (χ0v) is 16.4. The molecule has 3 aromatic heterocycles. The number of carbonyl (C=O) groups is 1. The molecule has 0 saturated heterocycles. The molecule has 0 aliphatic carbocycles. The zero-order valence-electron chi connectivity index (χ0n) is 14.8. The Morgan fingerprint density at radius 1 is 1.29 bits per heavy atom. The maximum Gasteiger partial charge on any atom is 0.230 e. The van der Waals surface area contributed by atoms with Gasteiger partial charge < -0.3 is 5.32 Å². The number of tetrazole rings is 1. The molecule has 0 atom stereocenters. The number of anilines is 1. The highest BCUT2D eigenvalue weighted by Crippen LogP contribution is 2.23. The molecule has 0 unspecified atom stereocenters. The molecule has 8 nitrogen and oxygen atoms in total. The Bertz CT molecular complexity index is 1090. The maximum atomic E-state index is 12.4. The molecule has 0 radical (unpaired) electrons. The Hall–Kier alpha value is -3.11. The van der Waals surface area contributed by atoms with Crippen LogP contribution in [0.25, 0.3) is 16.3 Å². The highest BCUT2D eigenvalue weighted by atomic mass is 32.2. The van der Waals surface area contributed by atoms with Crippen molar-refractivity contribution in [2.45, 2.75) is 11.6 Å². The van der Waals surface area contributed by atoms with E-state index in [1.165, 1.54) is 23.1 Å². The molecule has 0 saturated carbocycles. The molecule has 3 heterocycles. The largest absolute Gasteiger partial charge is 0.326 e. The molecule has 1 N–H and O–H groups in total. The molecule has 0 bridgehead atoms. The zero-order chi connectivity index (χ0) is 19.3. The summed E-state index contributed by atoms with van der Waals surface area (Å²) in [6.07, 6.45) is 5.58. The second-order valence-electron chi connectivity index (χ2n) is 5.74. The van der Waals surface area contributed by atoms with Gasteiger partial charge in [0.15, 0.2) is 0 Å². The number of carbonyl (C=O) groups excluding carboxylic acids is 1. The minimum absolute atomic E-state index is 0.137. The van der Waals surface area contributed by atoms with Crippen molar-refractivity contribution in [2.75, 3.05) is 11.6 Å². The van der Waals surface area contributed by atoms with Crippen molar-refractivity contribution in [1.29, 1.82) is 0 Å². The van der Waals surface area contributed by atoms with Crippen molar-refractivity contribution in [1.82, 2.24) is 30.2 Å². The summed E-state index contributed by atoms with van der Waals surface area (Å²) in [4.78, 5) is 21.1. The average molecular weight is 410 g/mol. The topological polar surface area (TPSA) is 98.5 Å². The van der Waals surface area contributed by atoms with Gasteiger partial charge in [0.05, 0.1) is 17.8 Å². The number of pyridine rings is 1. The van der Waals surface area contributed by atoms with E-state index in [2.05, 4.69) is 30.8 Å². The lowest BCUT2D eigenvalue weighted by Gasteiger charge is -2.07. The average Bonchev–Trinajstić information content (AvgIpc) is 3.38. The van der Waals surface area contributed by atoms with Crippen LogP contribution in [-0.4, -0.2) is 42.3 Å². The maximum absolute atomic E-state index is 12.4. The monoisotopic (exact) mass is 409 g/mol. The van der Waals surface area contributed by atoms with Crippen molar-refractivity contribution in [3.8, 4) is 16.3 Å². The SMILES string of the molecule is CSc1nnnn1-c1cccc(NC(=O)Cc2csc(-c3cccnc3)n2)c1. The lowest BCUT2D eigenvalue weighted by Crippen LogP contribution is -2.15. The third-order valence-corrected chi connectivity index (χ3v) is 5.36. The van der Waals surface area contributed by atoms with Crippen LogP contribution in [0.4, 0.5) is 5.69 Å². The van der Waals surface area contributed by atoms with Crippen LogP contribution in [0.15, 0.2) is 59.3 Å². The Balaban J connectivity index is 1.45. The minimum atomic E-state index is -0.137. The summed E-state index contributed by atoms with van der Waals surface area (Å²) in [6.45, 7) is 0. The number of aromatic nitrogens is 6. The number of hydrogen-bond donors (Lipinski definition) is 1. The fourth-order valence-electron chi connectivity index (χ4n) is 2.56. The number of amides is 1. The van der Waals surface area contributed by atoms with Gasteiger partial charge >= 0.3 is 0 Å². The first-order chi connectivity index (χ1) is 13.7. The smallest absolute Gasteiger partial charge is 0.230 e. The Labute approximate surface area is 169 Å². The van der Waals surface area contributed by atoms with Gasteiger partial charge in [-0.05, 0) is 47.0 Å². The second kappa shape index (κ2) is 8.28. The van der Waals surface area contributed by atoms with E-state index in [1.807, 2.05) is 48.0 Å². The van der Waals surface area contributed by atoms with Crippen LogP contribution in [0.5, 0.6) is 0 Å². The highest BCUT2D eigenvalue weighted by Gasteiger charge is 2.11. The van der Waals surface area contributed by atoms with Crippen molar-refractivity contribution < 1.29 is 4.79 Å². The van der Waals surface area contributed by atoms with Crippen LogP contribution in [0.1, 0.15) is 5.69 Å². The predicted octanol–water partition coefficient (Wildman–Crippen LogP) is 3.08. The van der Waals surface area contributed by atoms with E-state index in [1.54, 1.807) is 17.1 Å². The molecule has 4 rings (SSSR count). The molecule has 0 fully saturated rings. The molecular weight excluding hydrogens is 394 g/mol. The van der Waals surface area contributed by atoms with Crippen molar-refractivity contribution in [3.63, 3.8) is 0 Å². The summed E-state index contributed by atoms with van der Waals surface area (Å²) in [7, 11) is 0. The Morgan fingerprint density at radius 3 is 3.04 bits per heavy atom. The quantitative estimate of drug-likeness (QED) is 0.489. The molecule has 28 heavy (non-hydrogen) atoms. The molecular formula is C18H15N7OS2. The van der Waals surface area contributed by atoms with Gasteiger partial charge in [-0.15, -0.1) is 16.4 Å². The lowest BCUT2D eigenvalue weighted by atomic mass is 10.2. The normalized spacial score (nSPS) is 10.8. The van der Waals surface area contributed by atoms with E-state index in [9.17, 15) is 4.79 Å². The van der Waals surface area contributed by atoms with E-state index in [0.717, 1.165) is 22.0 Å². The summed E-state index contributed by atoms with van der Waals surface area (Å²) < 4.78 is 1.63. The molecule has 0 aliphatic heterocycles. The van der Waals surface area contributed by atoms with E-state index in [-0.39, 0.29) is 12.3 Å². The lowest BCUT2D eigenvalue weighted by molar-refractivity contribution is -0.115. The van der Waals surface area contributed by atoms with Crippen LogP contribution in [0.2, 0.25) is 0 Å². The fourth-order valence-corrected chi connectivity index (χ4v) is 3.81. The molecule has 1 amide bonds. The summed E-state index contributed by atoms with van der Waals surface area (Å²) >= 11 is 2.94. The minimum Gasteiger partial charge on any atom is -0.326 e. The Kier molecular flexibility index (Phi) is 5.40. The van der Waals surface area contributed by atoms with Gasteiger partial charge in [0.1, 0.15) is 5.01 Å². The van der Waals surface area contributed by atoms with Crippen LogP contribution in [0.3, 0.4) is 0 Å². The molecule has 0 aliphatic rings. The van der Waals surface area contributed by atoms with Crippen LogP contribution in [-0.2, 0) is 11.2 Å². The van der Waals surface area contributed by atoms with Gasteiger partial charge in [0.25, 0.3) is 0 Å². The van der Waals surface area contributed by atoms with Gasteiger partial charge in [-0.3, -0.25) is 9.78 Å². The van der Waals surface area contributed by atoms with Gasteiger partial charge in [-0.1, -0.05) is 17.8 Å². The number of thiazole rings is 1. The van der Waals surface area contributed by atoms with Crippen LogP contribution in [0, 0.1) is 0 Å². The fraction of sp³-hybridized carbons (Fsp3) is 0.111. The van der Waals surface area contributed by atoms with E-state index in [0.29, 0.717) is 10.8 Å². The number of thioether (sulfide) groups is 1. The van der Waals surface area contributed by atoms with E-state index < -0.39 is 0 Å². The summed E-state index contributed by atoms with van der Waals surface area (Å²) in [5.74, 6) is -0.137. The molecule has 140 valence electrons. The third-order valence-electron chi connectivity index (χ3n) is 3.80. The van der Waals surface area contributed by atoms with Crippen LogP contribution >= 0.6 is 23.1 Å². The molecule has 10 heteroatoms. The van der Waals surface area contributed by atoms with Crippen molar-refractivity contribution >= 4 is 34.7 Å². The summed E-state index contributed by atoms with van der Waals surface area (Å²) in [6, 6.07) is 11.2. The number of benzene rings is 1. The van der Waals surface area contributed by atoms with Gasteiger partial charge in [0.2, 0.25) is 11.1 Å². The number of rotatable bonds is 6.